The molecule has 4 heteroatoms. The van der Waals surface area contributed by atoms with Crippen LogP contribution in [0.3, 0.4) is 0 Å². The van der Waals surface area contributed by atoms with Crippen LogP contribution in [0.25, 0.3) is 10.9 Å². The van der Waals surface area contributed by atoms with Crippen LogP contribution in [0.15, 0.2) is 41.5 Å². The van der Waals surface area contributed by atoms with E-state index in [1.807, 2.05) is 24.3 Å². The lowest BCUT2D eigenvalue weighted by Crippen LogP contribution is -2.14. The molecule has 0 aliphatic carbocycles. The second kappa shape index (κ2) is 5.40. The van der Waals surface area contributed by atoms with E-state index in [1.54, 1.807) is 6.20 Å². The van der Waals surface area contributed by atoms with Crippen molar-refractivity contribution in [3.8, 4) is 0 Å². The van der Waals surface area contributed by atoms with Crippen LogP contribution in [0.2, 0.25) is 0 Å². The van der Waals surface area contributed by atoms with Crippen molar-refractivity contribution in [1.29, 1.82) is 0 Å². The molecule has 1 atom stereocenters. The number of hydrogen-bond donors (Lipinski definition) is 2. The molecule has 0 bridgehead atoms. The van der Waals surface area contributed by atoms with E-state index in [1.165, 1.54) is 0 Å². The number of nitrogens with one attached hydrogen (secondary N) is 1. The number of fused-ring (bicyclic) bond motifs is 1. The number of hydrogen-bond acceptors (Lipinski definition) is 3. The van der Waals surface area contributed by atoms with E-state index < -0.39 is 0 Å². The van der Waals surface area contributed by atoms with Crippen LogP contribution < -0.4 is 11.1 Å². The smallest absolute Gasteiger partial charge is 0.0954 e. The summed E-state index contributed by atoms with van der Waals surface area (Å²) < 4.78 is 0.929. The van der Waals surface area contributed by atoms with Gasteiger partial charge in [0.2, 0.25) is 0 Å². The van der Waals surface area contributed by atoms with Gasteiger partial charge in [-0.3, -0.25) is 4.98 Å². The normalized spacial score (nSPS) is 12.3. The maximum Gasteiger partial charge on any atom is 0.0954 e. The number of rotatable bonds is 4. The molecular weight excluding hydrogens is 290 g/mol. The minimum atomic E-state index is 0.319. The van der Waals surface area contributed by atoms with Gasteiger partial charge in [-0.1, -0.05) is 6.08 Å². The Kier molecular flexibility index (Phi) is 3.87. The Morgan fingerprint density at radius 2 is 2.33 bits per heavy atom. The molecular formula is C14H16BrN3. The summed E-state index contributed by atoms with van der Waals surface area (Å²) >= 11 is 3.42. The van der Waals surface area contributed by atoms with Gasteiger partial charge in [-0.15, -0.1) is 6.58 Å². The van der Waals surface area contributed by atoms with Crippen molar-refractivity contribution in [2.75, 3.05) is 11.1 Å². The van der Waals surface area contributed by atoms with Crippen LogP contribution >= 0.6 is 15.9 Å². The molecule has 0 aliphatic heterocycles. The Morgan fingerprint density at radius 1 is 1.56 bits per heavy atom. The van der Waals surface area contributed by atoms with Crippen molar-refractivity contribution >= 4 is 38.2 Å². The van der Waals surface area contributed by atoms with Crippen LogP contribution in [0, 0.1) is 0 Å². The number of pyridine rings is 1. The summed E-state index contributed by atoms with van der Waals surface area (Å²) in [6.45, 7) is 5.86. The molecule has 1 unspecified atom stereocenters. The molecule has 0 radical (unpaired) electrons. The summed E-state index contributed by atoms with van der Waals surface area (Å²) in [6, 6.07) is 6.18. The van der Waals surface area contributed by atoms with Gasteiger partial charge in [-0.05, 0) is 47.5 Å². The minimum Gasteiger partial charge on any atom is -0.398 e. The van der Waals surface area contributed by atoms with Gasteiger partial charge in [-0.2, -0.15) is 0 Å². The first kappa shape index (κ1) is 12.9. The van der Waals surface area contributed by atoms with E-state index in [9.17, 15) is 0 Å². The molecule has 3 nitrogen and oxygen atoms in total. The highest BCUT2D eigenvalue weighted by molar-refractivity contribution is 9.10. The molecule has 0 saturated carbocycles. The van der Waals surface area contributed by atoms with Crippen molar-refractivity contribution in [1.82, 2.24) is 4.98 Å². The van der Waals surface area contributed by atoms with E-state index in [2.05, 4.69) is 39.7 Å². The summed E-state index contributed by atoms with van der Waals surface area (Å²) in [5, 5.41) is 4.39. The second-order valence-electron chi connectivity index (χ2n) is 4.32. The number of nitrogens with two attached hydrogens (primary N) is 1. The third kappa shape index (κ3) is 2.64. The van der Waals surface area contributed by atoms with Crippen molar-refractivity contribution in [2.45, 2.75) is 19.4 Å². The molecule has 0 spiro atoms. The highest BCUT2D eigenvalue weighted by Crippen LogP contribution is 2.29. The zero-order valence-corrected chi connectivity index (χ0v) is 11.9. The second-order valence-corrected chi connectivity index (χ2v) is 5.24. The standard InChI is InChI=1S/C14H16BrN3/c1-3-4-9(2)18-13-6-5-12(16)11-7-10(15)8-17-14(11)13/h3,5-9,18H,1,4,16H2,2H3. The van der Waals surface area contributed by atoms with Crippen LogP contribution in [0.1, 0.15) is 13.3 Å². The Hall–Kier alpha value is -1.55. The van der Waals surface area contributed by atoms with Crippen LogP contribution in [-0.2, 0) is 0 Å². The fraction of sp³-hybridized carbons (Fsp3) is 0.214. The average molecular weight is 306 g/mol. The molecule has 0 saturated heterocycles. The first-order valence-electron chi connectivity index (χ1n) is 5.83. The molecule has 1 heterocycles. The molecule has 0 fully saturated rings. The zero-order valence-electron chi connectivity index (χ0n) is 10.3. The average Bonchev–Trinajstić information content (AvgIpc) is 2.33. The van der Waals surface area contributed by atoms with Crippen molar-refractivity contribution in [3.05, 3.63) is 41.5 Å². The van der Waals surface area contributed by atoms with Gasteiger partial charge in [-0.25, -0.2) is 0 Å². The third-order valence-electron chi connectivity index (χ3n) is 2.77. The molecule has 94 valence electrons. The SMILES string of the molecule is C=CCC(C)Nc1ccc(N)c2cc(Br)cnc12. The first-order chi connectivity index (χ1) is 8.61. The Bertz CT molecular complexity index is 581. The predicted octanol–water partition coefficient (Wildman–Crippen LogP) is 3.96. The molecule has 1 aromatic carbocycles. The summed E-state index contributed by atoms with van der Waals surface area (Å²) in [6.07, 6.45) is 4.59. The van der Waals surface area contributed by atoms with Crippen molar-refractivity contribution < 1.29 is 0 Å². The molecule has 0 aliphatic rings. The fourth-order valence-corrected chi connectivity index (χ4v) is 2.24. The Labute approximate surface area is 115 Å². The van der Waals surface area contributed by atoms with E-state index >= 15 is 0 Å². The molecule has 1 aromatic heterocycles. The summed E-state index contributed by atoms with van der Waals surface area (Å²) in [7, 11) is 0. The van der Waals surface area contributed by atoms with Crippen molar-refractivity contribution in [3.63, 3.8) is 0 Å². The van der Waals surface area contributed by atoms with E-state index in [-0.39, 0.29) is 0 Å². The molecule has 0 amide bonds. The van der Waals surface area contributed by atoms with E-state index in [0.29, 0.717) is 6.04 Å². The molecule has 2 rings (SSSR count). The lowest BCUT2D eigenvalue weighted by molar-refractivity contribution is 0.815. The quantitative estimate of drug-likeness (QED) is 0.664. The monoisotopic (exact) mass is 305 g/mol. The number of aromatic nitrogens is 1. The first-order valence-corrected chi connectivity index (χ1v) is 6.62. The highest BCUT2D eigenvalue weighted by Gasteiger charge is 2.08. The van der Waals surface area contributed by atoms with Crippen molar-refractivity contribution in [2.24, 2.45) is 0 Å². The van der Waals surface area contributed by atoms with E-state index in [0.717, 1.165) is 33.2 Å². The summed E-state index contributed by atoms with van der Waals surface area (Å²) in [5.74, 6) is 0. The van der Waals surface area contributed by atoms with Gasteiger partial charge < -0.3 is 11.1 Å². The highest BCUT2D eigenvalue weighted by atomic mass is 79.9. The number of nitrogen functional groups attached to an aromatic ring is 1. The molecule has 2 aromatic rings. The van der Waals surface area contributed by atoms with E-state index in [4.69, 9.17) is 5.73 Å². The van der Waals surface area contributed by atoms with Crippen LogP contribution in [0.5, 0.6) is 0 Å². The predicted molar refractivity (Wildman–Crippen MR) is 81.8 cm³/mol. The number of anilines is 2. The molecule has 18 heavy (non-hydrogen) atoms. The number of benzene rings is 1. The summed E-state index contributed by atoms with van der Waals surface area (Å²) in [5.41, 5.74) is 8.61. The zero-order chi connectivity index (χ0) is 13.1. The minimum absolute atomic E-state index is 0.319. The van der Waals surface area contributed by atoms with Crippen LogP contribution in [-0.4, -0.2) is 11.0 Å². The Balaban J connectivity index is 2.45. The fourth-order valence-electron chi connectivity index (χ4n) is 1.91. The molecule has 3 N–H and O–H groups in total. The van der Waals surface area contributed by atoms with Gasteiger partial charge in [0.1, 0.15) is 0 Å². The summed E-state index contributed by atoms with van der Waals surface area (Å²) in [4.78, 5) is 4.44. The Morgan fingerprint density at radius 3 is 3.06 bits per heavy atom. The van der Waals surface area contributed by atoms with Gasteiger partial charge in [0.05, 0.1) is 11.2 Å². The third-order valence-corrected chi connectivity index (χ3v) is 3.21. The van der Waals surface area contributed by atoms with Gasteiger partial charge in [0, 0.05) is 27.8 Å². The number of nitrogens with zero attached hydrogens (tertiary/aromatic N) is 1. The topological polar surface area (TPSA) is 50.9 Å². The van der Waals surface area contributed by atoms with Gasteiger partial charge >= 0.3 is 0 Å². The maximum absolute atomic E-state index is 5.98. The maximum atomic E-state index is 5.98. The van der Waals surface area contributed by atoms with Gasteiger partial charge in [0.25, 0.3) is 0 Å². The number of halogens is 1. The largest absolute Gasteiger partial charge is 0.398 e. The van der Waals surface area contributed by atoms with Crippen LogP contribution in [0.4, 0.5) is 11.4 Å². The lowest BCUT2D eigenvalue weighted by Gasteiger charge is -2.15. The lowest BCUT2D eigenvalue weighted by atomic mass is 10.1. The van der Waals surface area contributed by atoms with Gasteiger partial charge in [0.15, 0.2) is 0 Å².